The number of halogens is 1. The van der Waals surface area contributed by atoms with Crippen molar-refractivity contribution in [3.63, 3.8) is 0 Å². The average molecular weight is 436 g/mol. The van der Waals surface area contributed by atoms with E-state index in [9.17, 15) is 13.2 Å². The van der Waals surface area contributed by atoms with Crippen LogP contribution in [0.25, 0.3) is 0 Å². The van der Waals surface area contributed by atoms with E-state index in [2.05, 4.69) is 0 Å². The maximum Gasteiger partial charge on any atom is 0.258 e. The highest BCUT2D eigenvalue weighted by atomic mass is 35.5. The first-order chi connectivity index (χ1) is 13.5. The molecule has 6 nitrogen and oxygen atoms in total. The van der Waals surface area contributed by atoms with Crippen molar-refractivity contribution < 1.29 is 13.2 Å². The average Bonchev–Trinajstić information content (AvgIpc) is 2.74. The summed E-state index contributed by atoms with van der Waals surface area (Å²) in [5.41, 5.74) is 9.11. The number of carbonyl (C=O) groups excluding carboxylic acids is 1. The first kappa shape index (κ1) is 21.6. The van der Waals surface area contributed by atoms with Crippen LogP contribution in [0.4, 0.5) is 11.4 Å². The third-order valence-electron chi connectivity index (χ3n) is 5.59. The highest BCUT2D eigenvalue weighted by molar-refractivity contribution is 7.89. The van der Waals surface area contributed by atoms with Gasteiger partial charge in [-0.15, -0.1) is 12.4 Å². The van der Waals surface area contributed by atoms with E-state index < -0.39 is 10.0 Å². The summed E-state index contributed by atoms with van der Waals surface area (Å²) in [4.78, 5) is 15.0. The van der Waals surface area contributed by atoms with Crippen LogP contribution in [0.1, 0.15) is 41.6 Å². The zero-order valence-electron chi connectivity index (χ0n) is 16.2. The van der Waals surface area contributed by atoms with Crippen molar-refractivity contribution >= 4 is 39.7 Å². The smallest absolute Gasteiger partial charge is 0.258 e. The lowest BCUT2D eigenvalue weighted by atomic mass is 9.99. The minimum atomic E-state index is -3.49. The first-order valence-electron chi connectivity index (χ1n) is 9.78. The van der Waals surface area contributed by atoms with Gasteiger partial charge in [-0.25, -0.2) is 8.42 Å². The van der Waals surface area contributed by atoms with E-state index in [0.29, 0.717) is 30.9 Å². The molecule has 0 radical (unpaired) electrons. The molecule has 0 spiro atoms. The Morgan fingerprint density at radius 3 is 2.28 bits per heavy atom. The Hall–Kier alpha value is -2.09. The second-order valence-corrected chi connectivity index (χ2v) is 9.33. The SMILES string of the molecule is Cl.Nc1cccc2c1CCCN2C(=O)c1ccc(S(=O)(=O)N2CCCCC2)cc1. The summed E-state index contributed by atoms with van der Waals surface area (Å²) >= 11 is 0. The van der Waals surface area contributed by atoms with Gasteiger partial charge in [0, 0.05) is 36.6 Å². The van der Waals surface area contributed by atoms with E-state index >= 15 is 0 Å². The Bertz CT molecular complexity index is 987. The largest absolute Gasteiger partial charge is 0.398 e. The molecule has 8 heteroatoms. The molecule has 2 aromatic carbocycles. The van der Waals surface area contributed by atoms with E-state index in [1.165, 1.54) is 4.31 Å². The molecule has 4 rings (SSSR count). The summed E-state index contributed by atoms with van der Waals surface area (Å²) in [5.74, 6) is -0.131. The summed E-state index contributed by atoms with van der Waals surface area (Å²) in [6, 6.07) is 11.9. The fraction of sp³-hybridized carbons (Fsp3) is 0.381. The van der Waals surface area contributed by atoms with Crippen LogP contribution in [-0.4, -0.2) is 38.3 Å². The number of piperidine rings is 1. The van der Waals surface area contributed by atoms with Gasteiger partial charge in [0.25, 0.3) is 5.91 Å². The van der Waals surface area contributed by atoms with Gasteiger partial charge in [0.1, 0.15) is 0 Å². The number of amides is 1. The molecule has 1 amide bonds. The molecular weight excluding hydrogens is 410 g/mol. The number of carbonyl (C=O) groups is 1. The van der Waals surface area contributed by atoms with Gasteiger partial charge in [0.2, 0.25) is 10.0 Å². The molecule has 1 saturated heterocycles. The lowest BCUT2D eigenvalue weighted by Gasteiger charge is -2.30. The standard InChI is InChI=1S/C21H25N3O3S.ClH/c22-19-7-4-8-20-18(19)6-5-15-24(20)21(25)16-9-11-17(12-10-16)28(26,27)23-13-2-1-3-14-23;/h4,7-12H,1-3,5-6,13-15,22H2;1H. The zero-order chi connectivity index (χ0) is 19.7. The lowest BCUT2D eigenvalue weighted by molar-refractivity contribution is 0.0985. The van der Waals surface area contributed by atoms with Crippen molar-refractivity contribution in [2.24, 2.45) is 0 Å². The number of sulfonamides is 1. The Labute approximate surface area is 178 Å². The van der Waals surface area contributed by atoms with Crippen molar-refractivity contribution in [3.8, 4) is 0 Å². The van der Waals surface area contributed by atoms with E-state index in [1.807, 2.05) is 18.2 Å². The molecule has 2 aliphatic rings. The fourth-order valence-corrected chi connectivity index (χ4v) is 5.56. The molecule has 156 valence electrons. The molecule has 0 atom stereocenters. The lowest BCUT2D eigenvalue weighted by Crippen LogP contribution is -2.36. The van der Waals surface area contributed by atoms with Crippen LogP contribution >= 0.6 is 12.4 Å². The number of benzene rings is 2. The van der Waals surface area contributed by atoms with Crippen molar-refractivity contribution in [1.82, 2.24) is 4.31 Å². The maximum absolute atomic E-state index is 13.1. The zero-order valence-corrected chi connectivity index (χ0v) is 17.8. The second kappa shape index (κ2) is 8.73. The quantitative estimate of drug-likeness (QED) is 0.748. The van der Waals surface area contributed by atoms with Gasteiger partial charge >= 0.3 is 0 Å². The van der Waals surface area contributed by atoms with Crippen LogP contribution in [0, 0.1) is 0 Å². The van der Waals surface area contributed by atoms with Gasteiger partial charge in [-0.1, -0.05) is 12.5 Å². The van der Waals surface area contributed by atoms with Gasteiger partial charge in [-0.2, -0.15) is 4.31 Å². The van der Waals surface area contributed by atoms with Crippen LogP contribution < -0.4 is 10.6 Å². The first-order valence-corrected chi connectivity index (χ1v) is 11.2. The van der Waals surface area contributed by atoms with Crippen molar-refractivity contribution in [2.45, 2.75) is 37.0 Å². The summed E-state index contributed by atoms with van der Waals surface area (Å²) in [5, 5.41) is 0. The summed E-state index contributed by atoms with van der Waals surface area (Å²) in [7, 11) is -3.49. The maximum atomic E-state index is 13.1. The molecule has 2 aromatic rings. The van der Waals surface area contributed by atoms with Crippen LogP contribution in [0.15, 0.2) is 47.4 Å². The Balaban J connectivity index is 0.00000240. The molecule has 1 fully saturated rings. The van der Waals surface area contributed by atoms with Crippen LogP contribution in [0.5, 0.6) is 0 Å². The number of nitrogens with two attached hydrogens (primary N) is 1. The third kappa shape index (κ3) is 4.13. The Kier molecular flexibility index (Phi) is 6.51. The van der Waals surface area contributed by atoms with Gasteiger partial charge < -0.3 is 10.6 Å². The highest BCUT2D eigenvalue weighted by Crippen LogP contribution is 2.32. The molecule has 29 heavy (non-hydrogen) atoms. The number of nitrogens with zero attached hydrogens (tertiary/aromatic N) is 2. The van der Waals surface area contributed by atoms with Crippen LogP contribution in [-0.2, 0) is 16.4 Å². The normalized spacial score (nSPS) is 17.3. The van der Waals surface area contributed by atoms with E-state index in [4.69, 9.17) is 5.73 Å². The van der Waals surface area contributed by atoms with E-state index in [-0.39, 0.29) is 23.2 Å². The second-order valence-electron chi connectivity index (χ2n) is 7.39. The molecule has 2 N–H and O–H groups in total. The third-order valence-corrected chi connectivity index (χ3v) is 7.50. The molecule has 0 bridgehead atoms. The van der Waals surface area contributed by atoms with Gasteiger partial charge in [-0.05, 0) is 67.6 Å². The molecule has 0 aromatic heterocycles. The number of rotatable bonds is 3. The summed E-state index contributed by atoms with van der Waals surface area (Å²) in [6.45, 7) is 1.76. The molecule has 0 aliphatic carbocycles. The van der Waals surface area contributed by atoms with Crippen molar-refractivity contribution in [1.29, 1.82) is 0 Å². The fourth-order valence-electron chi connectivity index (χ4n) is 4.04. The molecule has 2 heterocycles. The van der Waals surface area contributed by atoms with E-state index in [0.717, 1.165) is 43.4 Å². The van der Waals surface area contributed by atoms with Gasteiger partial charge in [0.15, 0.2) is 0 Å². The van der Waals surface area contributed by atoms with E-state index in [1.54, 1.807) is 29.2 Å². The summed E-state index contributed by atoms with van der Waals surface area (Å²) in [6.07, 6.45) is 4.58. The molecule has 2 aliphatic heterocycles. The topological polar surface area (TPSA) is 83.7 Å². The number of hydrogen-bond acceptors (Lipinski definition) is 4. The van der Waals surface area contributed by atoms with Crippen molar-refractivity contribution in [3.05, 3.63) is 53.6 Å². The number of anilines is 2. The molecule has 0 saturated carbocycles. The Morgan fingerprint density at radius 2 is 1.59 bits per heavy atom. The predicted molar refractivity (Wildman–Crippen MR) is 117 cm³/mol. The minimum absolute atomic E-state index is 0. The Morgan fingerprint density at radius 1 is 0.897 bits per heavy atom. The number of hydrogen-bond donors (Lipinski definition) is 1. The summed E-state index contributed by atoms with van der Waals surface area (Å²) < 4.78 is 27.1. The molecule has 0 unspecified atom stereocenters. The number of nitrogen functional groups attached to an aromatic ring is 1. The van der Waals surface area contributed by atoms with Gasteiger partial charge in [0.05, 0.1) is 4.90 Å². The van der Waals surface area contributed by atoms with Crippen molar-refractivity contribution in [2.75, 3.05) is 30.3 Å². The highest BCUT2D eigenvalue weighted by Gasteiger charge is 2.27. The minimum Gasteiger partial charge on any atom is -0.398 e. The predicted octanol–water partition coefficient (Wildman–Crippen LogP) is 3.46. The van der Waals surface area contributed by atoms with Crippen LogP contribution in [0.3, 0.4) is 0 Å². The number of fused-ring (bicyclic) bond motifs is 1. The van der Waals surface area contributed by atoms with Crippen LogP contribution in [0.2, 0.25) is 0 Å². The molecular formula is C21H26ClN3O3S. The van der Waals surface area contributed by atoms with Gasteiger partial charge in [-0.3, -0.25) is 4.79 Å². The monoisotopic (exact) mass is 435 g/mol.